The van der Waals surface area contributed by atoms with Gasteiger partial charge in [-0.2, -0.15) is 0 Å². The molecule has 0 radical (unpaired) electrons. The third-order valence-electron chi connectivity index (χ3n) is 4.66. The number of para-hydroxylation sites is 1. The quantitative estimate of drug-likeness (QED) is 0.689. The molecule has 1 saturated heterocycles. The molecule has 2 heterocycles. The van der Waals surface area contributed by atoms with Crippen LogP contribution in [-0.2, 0) is 14.3 Å². The van der Waals surface area contributed by atoms with E-state index in [1.54, 1.807) is 6.92 Å². The van der Waals surface area contributed by atoms with Crippen LogP contribution in [0.2, 0.25) is 0 Å². The fraction of sp³-hybridized carbons (Fsp3) is 0.500. The number of ether oxygens (including phenoxy) is 3. The standard InChI is InChI=1S/C20H27N3O5/c1-3-27-16-8-6-5-7-14(16)18-17(19(24)28-4-2)15(21-20(25)22-18)13-23-9-11-26-12-10-23/h5-8,18H,3-4,9-13H2,1-2H3,(H2,21,22,25)/t18-/m0/s1. The summed E-state index contributed by atoms with van der Waals surface area (Å²) in [6.45, 7) is 7.57. The first-order valence-electron chi connectivity index (χ1n) is 9.63. The normalized spacial score (nSPS) is 20.4. The van der Waals surface area contributed by atoms with Crippen molar-refractivity contribution in [1.82, 2.24) is 15.5 Å². The van der Waals surface area contributed by atoms with Crippen molar-refractivity contribution in [3.05, 3.63) is 41.1 Å². The molecule has 2 aliphatic rings. The molecule has 0 unspecified atom stereocenters. The molecule has 1 aromatic rings. The number of morpholine rings is 1. The zero-order valence-corrected chi connectivity index (χ0v) is 16.3. The molecule has 2 aliphatic heterocycles. The fourth-order valence-electron chi connectivity index (χ4n) is 3.41. The Morgan fingerprint density at radius 1 is 1.21 bits per heavy atom. The third-order valence-corrected chi connectivity index (χ3v) is 4.66. The van der Waals surface area contributed by atoms with E-state index >= 15 is 0 Å². The summed E-state index contributed by atoms with van der Waals surface area (Å²) in [6, 6.07) is 6.40. The summed E-state index contributed by atoms with van der Waals surface area (Å²) in [5, 5.41) is 5.67. The van der Waals surface area contributed by atoms with Crippen LogP contribution in [0.4, 0.5) is 4.79 Å². The van der Waals surface area contributed by atoms with Gasteiger partial charge in [-0.1, -0.05) is 18.2 Å². The number of urea groups is 1. The maximum Gasteiger partial charge on any atom is 0.338 e. The average Bonchev–Trinajstić information content (AvgIpc) is 2.69. The summed E-state index contributed by atoms with van der Waals surface area (Å²) in [5.41, 5.74) is 1.68. The Morgan fingerprint density at radius 3 is 2.68 bits per heavy atom. The van der Waals surface area contributed by atoms with Crippen molar-refractivity contribution in [1.29, 1.82) is 0 Å². The van der Waals surface area contributed by atoms with Gasteiger partial charge in [-0.05, 0) is 19.9 Å². The number of nitrogens with zero attached hydrogens (tertiary/aromatic N) is 1. The van der Waals surface area contributed by atoms with Crippen molar-refractivity contribution in [3.63, 3.8) is 0 Å². The van der Waals surface area contributed by atoms with Gasteiger partial charge < -0.3 is 24.8 Å². The Hall–Kier alpha value is -2.58. The van der Waals surface area contributed by atoms with E-state index in [2.05, 4.69) is 15.5 Å². The molecule has 28 heavy (non-hydrogen) atoms. The second-order valence-electron chi connectivity index (χ2n) is 6.50. The van der Waals surface area contributed by atoms with Gasteiger partial charge in [0.1, 0.15) is 5.75 Å². The SMILES string of the molecule is CCOC(=O)C1=C(CN2CCOCC2)NC(=O)N[C@H]1c1ccccc1OCC. The molecule has 1 atom stereocenters. The number of rotatable bonds is 7. The number of nitrogens with one attached hydrogen (secondary N) is 2. The van der Waals surface area contributed by atoms with Crippen molar-refractivity contribution in [2.24, 2.45) is 0 Å². The highest BCUT2D eigenvalue weighted by atomic mass is 16.5. The highest BCUT2D eigenvalue weighted by Crippen LogP contribution is 2.33. The molecule has 1 fully saturated rings. The van der Waals surface area contributed by atoms with Crippen LogP contribution in [0.3, 0.4) is 0 Å². The number of carbonyl (C=O) groups is 2. The van der Waals surface area contributed by atoms with Gasteiger partial charge in [0.15, 0.2) is 0 Å². The number of benzene rings is 1. The second-order valence-corrected chi connectivity index (χ2v) is 6.50. The first kappa shape index (κ1) is 20.2. The van der Waals surface area contributed by atoms with Gasteiger partial charge in [-0.3, -0.25) is 4.90 Å². The predicted molar refractivity (Wildman–Crippen MR) is 103 cm³/mol. The smallest absolute Gasteiger partial charge is 0.338 e. The van der Waals surface area contributed by atoms with E-state index in [0.717, 1.165) is 18.7 Å². The summed E-state index contributed by atoms with van der Waals surface area (Å²) >= 11 is 0. The molecule has 0 aliphatic carbocycles. The lowest BCUT2D eigenvalue weighted by atomic mass is 9.94. The topological polar surface area (TPSA) is 89.1 Å². The van der Waals surface area contributed by atoms with Crippen molar-refractivity contribution < 1.29 is 23.8 Å². The Morgan fingerprint density at radius 2 is 1.96 bits per heavy atom. The molecule has 2 amide bonds. The first-order chi connectivity index (χ1) is 13.6. The molecule has 1 aromatic carbocycles. The minimum absolute atomic E-state index is 0.251. The molecule has 0 bridgehead atoms. The molecule has 0 spiro atoms. The van der Waals surface area contributed by atoms with Crippen LogP contribution in [0.1, 0.15) is 25.5 Å². The lowest BCUT2D eigenvalue weighted by Crippen LogP contribution is -2.49. The summed E-state index contributed by atoms with van der Waals surface area (Å²) in [4.78, 5) is 27.4. The zero-order chi connectivity index (χ0) is 19.9. The van der Waals surface area contributed by atoms with Crippen LogP contribution in [0.25, 0.3) is 0 Å². The van der Waals surface area contributed by atoms with Crippen LogP contribution < -0.4 is 15.4 Å². The monoisotopic (exact) mass is 389 g/mol. The van der Waals surface area contributed by atoms with E-state index in [0.29, 0.717) is 43.4 Å². The third kappa shape index (κ3) is 4.63. The molecule has 3 rings (SSSR count). The van der Waals surface area contributed by atoms with E-state index in [1.165, 1.54) is 0 Å². The molecular weight excluding hydrogens is 362 g/mol. The van der Waals surface area contributed by atoms with Crippen LogP contribution in [0.5, 0.6) is 5.75 Å². The minimum atomic E-state index is -0.647. The average molecular weight is 389 g/mol. The molecule has 152 valence electrons. The lowest BCUT2D eigenvalue weighted by molar-refractivity contribution is -0.139. The Labute approximate surface area is 164 Å². The number of esters is 1. The van der Waals surface area contributed by atoms with E-state index in [1.807, 2.05) is 31.2 Å². The molecule has 8 heteroatoms. The Balaban J connectivity index is 2.01. The number of hydrogen-bond donors (Lipinski definition) is 2. The minimum Gasteiger partial charge on any atom is -0.494 e. The Bertz CT molecular complexity index is 743. The first-order valence-corrected chi connectivity index (χ1v) is 9.63. The van der Waals surface area contributed by atoms with E-state index in [9.17, 15) is 9.59 Å². The van der Waals surface area contributed by atoms with Gasteiger partial charge in [-0.25, -0.2) is 9.59 Å². The second kappa shape index (κ2) is 9.57. The summed E-state index contributed by atoms with van der Waals surface area (Å²) in [7, 11) is 0. The van der Waals surface area contributed by atoms with Gasteiger partial charge in [0.2, 0.25) is 0 Å². The lowest BCUT2D eigenvalue weighted by Gasteiger charge is -2.33. The van der Waals surface area contributed by atoms with E-state index in [-0.39, 0.29) is 12.6 Å². The number of amides is 2. The fourth-order valence-corrected chi connectivity index (χ4v) is 3.41. The van der Waals surface area contributed by atoms with Gasteiger partial charge in [0.25, 0.3) is 0 Å². The van der Waals surface area contributed by atoms with E-state index < -0.39 is 12.0 Å². The van der Waals surface area contributed by atoms with Gasteiger partial charge in [0, 0.05) is 30.9 Å². The largest absolute Gasteiger partial charge is 0.494 e. The van der Waals surface area contributed by atoms with Gasteiger partial charge in [-0.15, -0.1) is 0 Å². The zero-order valence-electron chi connectivity index (χ0n) is 16.3. The van der Waals surface area contributed by atoms with Crippen LogP contribution in [-0.4, -0.2) is 63.0 Å². The summed E-state index contributed by atoms with van der Waals surface area (Å²) in [5.74, 6) is 0.180. The van der Waals surface area contributed by atoms with Gasteiger partial charge in [0.05, 0.1) is 38.0 Å². The highest BCUT2D eigenvalue weighted by Gasteiger charge is 2.35. The number of hydrogen-bond acceptors (Lipinski definition) is 6. The van der Waals surface area contributed by atoms with Crippen molar-refractivity contribution in [2.45, 2.75) is 19.9 Å². The molecule has 8 nitrogen and oxygen atoms in total. The van der Waals surface area contributed by atoms with Gasteiger partial charge >= 0.3 is 12.0 Å². The molecule has 0 saturated carbocycles. The number of carbonyl (C=O) groups excluding carboxylic acids is 2. The summed E-state index contributed by atoms with van der Waals surface area (Å²) in [6.07, 6.45) is 0. The van der Waals surface area contributed by atoms with Crippen LogP contribution in [0.15, 0.2) is 35.5 Å². The van der Waals surface area contributed by atoms with E-state index in [4.69, 9.17) is 14.2 Å². The van der Waals surface area contributed by atoms with Crippen molar-refractivity contribution >= 4 is 12.0 Å². The molecule has 2 N–H and O–H groups in total. The maximum atomic E-state index is 12.9. The van der Waals surface area contributed by atoms with Crippen LogP contribution >= 0.6 is 0 Å². The highest BCUT2D eigenvalue weighted by molar-refractivity contribution is 5.95. The molecular formula is C20H27N3O5. The van der Waals surface area contributed by atoms with Crippen molar-refractivity contribution in [2.75, 3.05) is 46.1 Å². The predicted octanol–water partition coefficient (Wildman–Crippen LogP) is 1.59. The molecule has 0 aromatic heterocycles. The Kier molecular flexibility index (Phi) is 6.89. The summed E-state index contributed by atoms with van der Waals surface area (Å²) < 4.78 is 16.4. The van der Waals surface area contributed by atoms with Crippen molar-refractivity contribution in [3.8, 4) is 5.75 Å². The maximum absolute atomic E-state index is 12.9. The van der Waals surface area contributed by atoms with Crippen LogP contribution in [0, 0.1) is 0 Å².